The molecule has 1 aromatic heterocycles. The summed E-state index contributed by atoms with van der Waals surface area (Å²) in [5, 5.41) is 0.484. The van der Waals surface area contributed by atoms with Crippen molar-refractivity contribution >= 4 is 51.7 Å². The monoisotopic (exact) mass is 524 g/mol. The van der Waals surface area contributed by atoms with Gasteiger partial charge in [-0.15, -0.1) is 0 Å². The van der Waals surface area contributed by atoms with E-state index in [2.05, 4.69) is 13.0 Å². The van der Waals surface area contributed by atoms with Gasteiger partial charge >= 0.3 is 0 Å². The second kappa shape index (κ2) is 11.1. The quantitative estimate of drug-likeness (QED) is 0.540. The number of imide groups is 1. The molecule has 9 nitrogen and oxygen atoms in total. The molecule has 0 N–H and O–H groups in total. The molecule has 2 aromatic rings. The Bertz CT molecular complexity index is 1260. The number of amides is 4. The van der Waals surface area contributed by atoms with Crippen LogP contribution in [0.25, 0.3) is 17.0 Å². The van der Waals surface area contributed by atoms with E-state index in [1.807, 2.05) is 27.8 Å². The Balaban J connectivity index is 1.41. The first-order valence-electron chi connectivity index (χ1n) is 13.0. The molecule has 3 saturated heterocycles. The minimum absolute atomic E-state index is 0.0935. The molecule has 4 heterocycles. The van der Waals surface area contributed by atoms with E-state index in [-0.39, 0.29) is 29.8 Å². The highest BCUT2D eigenvalue weighted by Gasteiger charge is 2.37. The molecule has 0 saturated carbocycles. The van der Waals surface area contributed by atoms with Gasteiger partial charge < -0.3 is 19.1 Å². The van der Waals surface area contributed by atoms with Gasteiger partial charge in [-0.1, -0.05) is 25.1 Å². The Hall–Kier alpha value is -3.11. The number of ether oxygens (including phenoxy) is 1. The minimum Gasteiger partial charge on any atom is -0.378 e. The van der Waals surface area contributed by atoms with Gasteiger partial charge in [0.2, 0.25) is 11.8 Å². The molecule has 3 aliphatic rings. The van der Waals surface area contributed by atoms with E-state index in [1.165, 1.54) is 0 Å². The molecular formula is C27H32N4O5S. The Labute approximate surface area is 220 Å². The summed E-state index contributed by atoms with van der Waals surface area (Å²) in [6, 6.07) is 6.01. The van der Waals surface area contributed by atoms with E-state index in [1.54, 1.807) is 11.0 Å². The van der Waals surface area contributed by atoms with Crippen LogP contribution in [-0.4, -0.2) is 88.2 Å². The lowest BCUT2D eigenvalue weighted by Gasteiger charge is -2.28. The number of hydrogen-bond acceptors (Lipinski definition) is 6. The summed E-state index contributed by atoms with van der Waals surface area (Å²) in [6.07, 6.45) is 7.65. The Morgan fingerprint density at radius 2 is 1.68 bits per heavy atom. The average molecular weight is 525 g/mol. The maximum atomic E-state index is 13.1. The molecule has 10 heteroatoms. The number of aryl methyl sites for hydroxylation is 1. The van der Waals surface area contributed by atoms with Gasteiger partial charge in [0.25, 0.3) is 11.1 Å². The van der Waals surface area contributed by atoms with Gasteiger partial charge in [0.05, 0.1) is 23.6 Å². The zero-order valence-corrected chi connectivity index (χ0v) is 21.9. The summed E-state index contributed by atoms with van der Waals surface area (Å²) in [4.78, 5) is 56.4. The SMILES string of the molecule is CCc1cccc2c(/C=C3\SC(=O)N(CC(=O)N4CCOCC4)C3=O)cn(CC(=O)N3CCCCC3)c12. The van der Waals surface area contributed by atoms with E-state index in [0.29, 0.717) is 26.3 Å². The molecule has 0 radical (unpaired) electrons. The fraction of sp³-hybridized carbons (Fsp3) is 0.481. The molecule has 3 aliphatic heterocycles. The summed E-state index contributed by atoms with van der Waals surface area (Å²) in [6.45, 7) is 5.46. The van der Waals surface area contributed by atoms with Crippen molar-refractivity contribution < 1.29 is 23.9 Å². The molecule has 0 atom stereocenters. The summed E-state index contributed by atoms with van der Waals surface area (Å²) in [5.41, 5.74) is 2.87. The third-order valence-corrected chi connectivity index (χ3v) is 8.13. The lowest BCUT2D eigenvalue weighted by atomic mass is 10.1. The molecule has 0 bridgehead atoms. The first-order valence-corrected chi connectivity index (χ1v) is 13.8. The molecule has 0 spiro atoms. The summed E-state index contributed by atoms with van der Waals surface area (Å²) in [5.74, 6) is -0.628. The molecular weight excluding hydrogens is 492 g/mol. The van der Waals surface area contributed by atoms with Crippen molar-refractivity contribution in [3.05, 3.63) is 40.4 Å². The van der Waals surface area contributed by atoms with E-state index < -0.39 is 11.1 Å². The van der Waals surface area contributed by atoms with Crippen LogP contribution in [0.15, 0.2) is 29.3 Å². The molecule has 37 heavy (non-hydrogen) atoms. The van der Waals surface area contributed by atoms with Crippen molar-refractivity contribution in [2.24, 2.45) is 0 Å². The molecule has 196 valence electrons. The zero-order valence-electron chi connectivity index (χ0n) is 21.1. The Kier molecular flexibility index (Phi) is 7.66. The number of carbonyl (C=O) groups excluding carboxylic acids is 4. The molecule has 3 fully saturated rings. The number of hydrogen-bond donors (Lipinski definition) is 0. The van der Waals surface area contributed by atoms with Gasteiger partial charge in [-0.05, 0) is 49.1 Å². The smallest absolute Gasteiger partial charge is 0.294 e. The number of piperidine rings is 1. The van der Waals surface area contributed by atoms with Gasteiger partial charge in [0, 0.05) is 43.3 Å². The highest BCUT2D eigenvalue weighted by Crippen LogP contribution is 2.35. The summed E-state index contributed by atoms with van der Waals surface area (Å²) >= 11 is 0.848. The first kappa shape index (κ1) is 25.5. The number of aromatic nitrogens is 1. The Morgan fingerprint density at radius 3 is 2.41 bits per heavy atom. The highest BCUT2D eigenvalue weighted by atomic mass is 32.2. The summed E-state index contributed by atoms with van der Waals surface area (Å²) in [7, 11) is 0. The van der Waals surface area contributed by atoms with Gasteiger partial charge in [0.15, 0.2) is 0 Å². The number of likely N-dealkylation sites (tertiary alicyclic amines) is 1. The van der Waals surface area contributed by atoms with Crippen LogP contribution in [0.4, 0.5) is 4.79 Å². The first-order chi connectivity index (χ1) is 18.0. The number of nitrogens with zero attached hydrogens (tertiary/aromatic N) is 4. The predicted molar refractivity (Wildman–Crippen MR) is 142 cm³/mol. The average Bonchev–Trinajstić information content (AvgIpc) is 3.41. The van der Waals surface area contributed by atoms with E-state index >= 15 is 0 Å². The van der Waals surface area contributed by atoms with Crippen molar-refractivity contribution in [3.63, 3.8) is 0 Å². The fourth-order valence-corrected chi connectivity index (χ4v) is 6.03. The van der Waals surface area contributed by atoms with Crippen LogP contribution in [0.5, 0.6) is 0 Å². The molecule has 1 aromatic carbocycles. The molecule has 0 unspecified atom stereocenters. The highest BCUT2D eigenvalue weighted by molar-refractivity contribution is 8.18. The van der Waals surface area contributed by atoms with Crippen molar-refractivity contribution in [1.29, 1.82) is 0 Å². The number of carbonyl (C=O) groups is 4. The second-order valence-electron chi connectivity index (χ2n) is 9.58. The zero-order chi connectivity index (χ0) is 25.9. The van der Waals surface area contributed by atoms with Gasteiger partial charge in [0.1, 0.15) is 13.1 Å². The van der Waals surface area contributed by atoms with Crippen molar-refractivity contribution in [1.82, 2.24) is 19.3 Å². The maximum Gasteiger partial charge on any atom is 0.294 e. The third kappa shape index (κ3) is 5.31. The van der Waals surface area contributed by atoms with Crippen LogP contribution in [0, 0.1) is 0 Å². The number of fused-ring (bicyclic) bond motifs is 1. The van der Waals surface area contributed by atoms with Crippen LogP contribution in [0.3, 0.4) is 0 Å². The van der Waals surface area contributed by atoms with Crippen molar-refractivity contribution in [2.45, 2.75) is 39.2 Å². The predicted octanol–water partition coefficient (Wildman–Crippen LogP) is 3.11. The fourth-order valence-electron chi connectivity index (χ4n) is 5.21. The second-order valence-corrected chi connectivity index (χ2v) is 10.6. The van der Waals surface area contributed by atoms with Gasteiger partial charge in [-0.2, -0.15) is 0 Å². The van der Waals surface area contributed by atoms with Gasteiger partial charge in [-0.25, -0.2) is 0 Å². The Morgan fingerprint density at radius 1 is 0.973 bits per heavy atom. The van der Waals surface area contributed by atoms with E-state index in [9.17, 15) is 19.2 Å². The van der Waals surface area contributed by atoms with Crippen molar-refractivity contribution in [2.75, 3.05) is 45.9 Å². The van der Waals surface area contributed by atoms with Gasteiger partial charge in [-0.3, -0.25) is 24.1 Å². The van der Waals surface area contributed by atoms with E-state index in [0.717, 1.165) is 77.5 Å². The van der Waals surface area contributed by atoms with Crippen LogP contribution >= 0.6 is 11.8 Å². The van der Waals surface area contributed by atoms with Crippen molar-refractivity contribution in [3.8, 4) is 0 Å². The minimum atomic E-state index is -0.464. The normalized spacial score (nSPS) is 19.9. The maximum absolute atomic E-state index is 13.1. The number of thioether (sulfide) groups is 1. The van der Waals surface area contributed by atoms with Crippen LogP contribution in [0.2, 0.25) is 0 Å². The van der Waals surface area contributed by atoms with E-state index in [4.69, 9.17) is 4.74 Å². The largest absolute Gasteiger partial charge is 0.378 e. The lowest BCUT2D eigenvalue weighted by Crippen LogP contribution is -2.46. The third-order valence-electron chi connectivity index (χ3n) is 7.23. The van der Waals surface area contributed by atoms with Crippen LogP contribution < -0.4 is 0 Å². The molecule has 0 aliphatic carbocycles. The lowest BCUT2D eigenvalue weighted by molar-refractivity contribution is -0.139. The number of benzene rings is 1. The van der Waals surface area contributed by atoms with Crippen LogP contribution in [0.1, 0.15) is 37.3 Å². The standard InChI is InChI=1S/C27H32N4O5S/c1-2-19-7-6-8-21-20(16-30(25(19)21)17-23(32)28-9-4-3-5-10-28)15-22-26(34)31(27(35)37-22)18-24(33)29-11-13-36-14-12-29/h6-8,15-16H,2-5,9-14,17-18H2,1H3/b22-15-. The number of para-hydroxylation sites is 1. The topological polar surface area (TPSA) is 92.2 Å². The number of rotatable bonds is 6. The molecule has 4 amide bonds. The van der Waals surface area contributed by atoms with Crippen LogP contribution in [-0.2, 0) is 32.1 Å². The molecule has 5 rings (SSSR count). The summed E-state index contributed by atoms with van der Waals surface area (Å²) < 4.78 is 7.25. The number of morpholine rings is 1.